The lowest BCUT2D eigenvalue weighted by Gasteiger charge is -2.29. The lowest BCUT2D eigenvalue weighted by atomic mass is 9.81. The number of ether oxygens (including phenoxy) is 1. The molecule has 1 rings (SSSR count). The third-order valence-electron chi connectivity index (χ3n) is 2.90. The molecule has 3 heteroatoms. The number of hydrogen-bond donors (Lipinski definition) is 0. The van der Waals surface area contributed by atoms with Crippen molar-refractivity contribution in [2.24, 2.45) is 5.41 Å². The molecule has 0 radical (unpaired) electrons. The fraction of sp³-hybridized carbons (Fsp3) is 1.00. The van der Waals surface area contributed by atoms with Crippen molar-refractivity contribution in [2.45, 2.75) is 25.9 Å². The largest absolute Gasteiger partial charge is 0.378 e. The minimum absolute atomic E-state index is 0.420. The van der Waals surface area contributed by atoms with Crippen molar-refractivity contribution in [3.63, 3.8) is 0 Å². The molecule has 0 amide bonds. The molecule has 0 saturated carbocycles. The Morgan fingerprint density at radius 3 is 2.83 bits per heavy atom. The summed E-state index contributed by atoms with van der Waals surface area (Å²) in [7, 11) is 0. The maximum Gasteiger partial charge on any atom is 0.0612 e. The van der Waals surface area contributed by atoms with Gasteiger partial charge < -0.3 is 4.74 Å². The van der Waals surface area contributed by atoms with Gasteiger partial charge in [0.15, 0.2) is 0 Å². The van der Waals surface area contributed by atoms with Crippen LogP contribution in [-0.2, 0) is 4.74 Å². The summed E-state index contributed by atoms with van der Waals surface area (Å²) in [6.07, 6.45) is 5.10. The maximum atomic E-state index is 5.62. The van der Waals surface area contributed by atoms with Gasteiger partial charge in [-0.25, -0.2) is 0 Å². The quantitative estimate of drug-likeness (QED) is 0.712. The summed E-state index contributed by atoms with van der Waals surface area (Å²) in [5, 5.41) is 1.09. The van der Waals surface area contributed by atoms with Crippen molar-refractivity contribution in [2.75, 3.05) is 23.9 Å². The second-order valence-corrected chi connectivity index (χ2v) is 5.05. The van der Waals surface area contributed by atoms with E-state index in [1.54, 1.807) is 0 Å². The Morgan fingerprint density at radius 2 is 2.42 bits per heavy atom. The molecule has 0 aromatic carbocycles. The lowest BCUT2D eigenvalue weighted by molar-refractivity contribution is 0.0734. The Labute approximate surface area is 87.8 Å². The molecule has 2 atom stereocenters. The van der Waals surface area contributed by atoms with E-state index in [0.717, 1.165) is 11.9 Å². The van der Waals surface area contributed by atoms with Gasteiger partial charge in [0.1, 0.15) is 0 Å². The van der Waals surface area contributed by atoms with E-state index < -0.39 is 0 Å². The lowest BCUT2D eigenvalue weighted by Crippen LogP contribution is -2.31. The number of hydrogen-bond acceptors (Lipinski definition) is 2. The molecule has 1 nitrogen and oxygen atoms in total. The second-order valence-electron chi connectivity index (χ2n) is 3.50. The van der Waals surface area contributed by atoms with E-state index in [1.807, 2.05) is 11.8 Å². The molecule has 1 saturated heterocycles. The van der Waals surface area contributed by atoms with Gasteiger partial charge in [0.25, 0.3) is 0 Å². The number of alkyl halides is 1. The van der Waals surface area contributed by atoms with E-state index in [9.17, 15) is 0 Å². The SMILES string of the molecule is CSCCC1(CBr)CCOC1C. The topological polar surface area (TPSA) is 9.23 Å². The molecule has 0 spiro atoms. The van der Waals surface area contributed by atoms with Crippen molar-refractivity contribution in [3.8, 4) is 0 Å². The molecule has 0 aromatic heterocycles. The van der Waals surface area contributed by atoms with Gasteiger partial charge in [0.2, 0.25) is 0 Å². The first kappa shape index (κ1) is 10.9. The Hall–Kier alpha value is 0.790. The number of rotatable bonds is 4. The van der Waals surface area contributed by atoms with Crippen LogP contribution in [0.1, 0.15) is 19.8 Å². The normalized spacial score (nSPS) is 35.8. The van der Waals surface area contributed by atoms with E-state index >= 15 is 0 Å². The standard InChI is InChI=1S/C9H17BrOS/c1-8-9(7-10,3-5-11-8)4-6-12-2/h8H,3-7H2,1-2H3. The van der Waals surface area contributed by atoms with Gasteiger partial charge in [-0.15, -0.1) is 0 Å². The fourth-order valence-corrected chi connectivity index (χ4v) is 3.32. The van der Waals surface area contributed by atoms with Crippen LogP contribution in [0, 0.1) is 5.41 Å². The van der Waals surface area contributed by atoms with E-state index in [0.29, 0.717) is 11.5 Å². The zero-order valence-electron chi connectivity index (χ0n) is 7.81. The average molecular weight is 253 g/mol. The fourth-order valence-electron chi connectivity index (χ4n) is 1.69. The third-order valence-corrected chi connectivity index (χ3v) is 4.63. The zero-order chi connectivity index (χ0) is 9.03. The maximum absolute atomic E-state index is 5.62. The minimum atomic E-state index is 0.420. The molecule has 1 aliphatic rings. The van der Waals surface area contributed by atoms with Gasteiger partial charge >= 0.3 is 0 Å². The minimum Gasteiger partial charge on any atom is -0.378 e. The van der Waals surface area contributed by atoms with Gasteiger partial charge in [0.05, 0.1) is 6.10 Å². The highest BCUT2D eigenvalue weighted by Crippen LogP contribution is 2.40. The highest BCUT2D eigenvalue weighted by molar-refractivity contribution is 9.09. The smallest absolute Gasteiger partial charge is 0.0612 e. The molecule has 2 unspecified atom stereocenters. The van der Waals surface area contributed by atoms with Crippen LogP contribution in [-0.4, -0.2) is 30.0 Å². The van der Waals surface area contributed by atoms with Gasteiger partial charge in [-0.2, -0.15) is 11.8 Å². The Bertz CT molecular complexity index is 142. The molecule has 0 bridgehead atoms. The van der Waals surface area contributed by atoms with E-state index in [2.05, 4.69) is 29.1 Å². The van der Waals surface area contributed by atoms with Gasteiger partial charge in [0, 0.05) is 17.4 Å². The molecule has 1 heterocycles. The first-order valence-electron chi connectivity index (χ1n) is 4.42. The highest BCUT2D eigenvalue weighted by Gasteiger charge is 2.39. The average Bonchev–Trinajstić information content (AvgIpc) is 2.45. The van der Waals surface area contributed by atoms with Crippen LogP contribution in [0.5, 0.6) is 0 Å². The van der Waals surface area contributed by atoms with E-state index in [1.165, 1.54) is 18.6 Å². The summed E-state index contributed by atoms with van der Waals surface area (Å²) in [5.41, 5.74) is 0.420. The zero-order valence-corrected chi connectivity index (χ0v) is 10.2. The summed E-state index contributed by atoms with van der Waals surface area (Å²) in [4.78, 5) is 0. The van der Waals surface area contributed by atoms with Crippen LogP contribution < -0.4 is 0 Å². The molecule has 12 heavy (non-hydrogen) atoms. The number of halogens is 1. The van der Waals surface area contributed by atoms with Crippen molar-refractivity contribution in [1.29, 1.82) is 0 Å². The molecule has 72 valence electrons. The molecule has 1 aliphatic heterocycles. The highest BCUT2D eigenvalue weighted by atomic mass is 79.9. The Kier molecular flexibility index (Phi) is 4.41. The molecule has 0 aliphatic carbocycles. The van der Waals surface area contributed by atoms with Gasteiger partial charge in [-0.1, -0.05) is 15.9 Å². The summed E-state index contributed by atoms with van der Waals surface area (Å²) >= 11 is 5.54. The predicted octanol–water partition coefficient (Wildman–Crippen LogP) is 2.93. The van der Waals surface area contributed by atoms with Crippen molar-refractivity contribution < 1.29 is 4.74 Å². The molecule has 0 N–H and O–H groups in total. The molecular weight excluding hydrogens is 236 g/mol. The van der Waals surface area contributed by atoms with Gasteiger partial charge in [-0.3, -0.25) is 0 Å². The summed E-state index contributed by atoms with van der Waals surface area (Å²) in [5.74, 6) is 1.25. The van der Waals surface area contributed by atoms with Crippen LogP contribution >= 0.6 is 27.7 Å². The van der Waals surface area contributed by atoms with E-state index in [4.69, 9.17) is 4.74 Å². The second kappa shape index (κ2) is 4.87. The van der Waals surface area contributed by atoms with Crippen LogP contribution in [0.15, 0.2) is 0 Å². The first-order chi connectivity index (χ1) is 5.75. The molecular formula is C9H17BrOS. The van der Waals surface area contributed by atoms with Crippen molar-refractivity contribution in [1.82, 2.24) is 0 Å². The summed E-state index contributed by atoms with van der Waals surface area (Å²) < 4.78 is 5.62. The van der Waals surface area contributed by atoms with Crippen molar-refractivity contribution in [3.05, 3.63) is 0 Å². The molecule has 1 fully saturated rings. The van der Waals surface area contributed by atoms with Gasteiger partial charge in [-0.05, 0) is 31.8 Å². The predicted molar refractivity (Wildman–Crippen MR) is 59.3 cm³/mol. The van der Waals surface area contributed by atoms with Crippen molar-refractivity contribution >= 4 is 27.7 Å². The Balaban J connectivity index is 2.49. The van der Waals surface area contributed by atoms with Crippen LogP contribution in [0.2, 0.25) is 0 Å². The first-order valence-corrected chi connectivity index (χ1v) is 6.93. The van der Waals surface area contributed by atoms with Crippen LogP contribution in [0.3, 0.4) is 0 Å². The summed E-state index contributed by atoms with van der Waals surface area (Å²) in [6, 6.07) is 0. The van der Waals surface area contributed by atoms with Crippen LogP contribution in [0.25, 0.3) is 0 Å². The Morgan fingerprint density at radius 1 is 1.67 bits per heavy atom. The number of thioether (sulfide) groups is 1. The van der Waals surface area contributed by atoms with E-state index in [-0.39, 0.29) is 0 Å². The third kappa shape index (κ3) is 2.18. The molecule has 0 aromatic rings. The summed E-state index contributed by atoms with van der Waals surface area (Å²) in [6.45, 7) is 3.15. The monoisotopic (exact) mass is 252 g/mol. The van der Waals surface area contributed by atoms with Crippen LogP contribution in [0.4, 0.5) is 0 Å².